The van der Waals surface area contributed by atoms with Gasteiger partial charge in [-0.2, -0.15) is 0 Å². The molecule has 2 atom stereocenters. The molecule has 1 heterocycles. The minimum Gasteiger partial charge on any atom is -0.298 e. The van der Waals surface area contributed by atoms with E-state index < -0.39 is 0 Å². The Morgan fingerprint density at radius 3 is 2.71 bits per heavy atom. The minimum absolute atomic E-state index is 0.110. The van der Waals surface area contributed by atoms with E-state index in [1.54, 1.807) is 16.8 Å². The Morgan fingerprint density at radius 2 is 2.00 bits per heavy atom. The fraction of sp³-hybridized carbons (Fsp3) is 0.231. The number of benzene rings is 1. The van der Waals surface area contributed by atoms with E-state index in [9.17, 15) is 4.79 Å². The molecule has 0 spiro atoms. The lowest BCUT2D eigenvalue weighted by molar-refractivity contribution is 0.661. The maximum Gasteiger partial charge on any atom is 0.326 e. The SMILES string of the molecule is O=c1[nH]c(=S)ccn1[C@H]1C[C@@H]1c1ccccc1. The van der Waals surface area contributed by atoms with E-state index in [-0.39, 0.29) is 11.7 Å². The zero-order valence-corrected chi connectivity index (χ0v) is 9.98. The summed E-state index contributed by atoms with van der Waals surface area (Å²) < 4.78 is 2.23. The third-order valence-electron chi connectivity index (χ3n) is 3.19. The van der Waals surface area contributed by atoms with Gasteiger partial charge in [-0.3, -0.25) is 9.55 Å². The molecule has 0 aliphatic heterocycles. The van der Waals surface area contributed by atoms with E-state index in [4.69, 9.17) is 12.2 Å². The van der Waals surface area contributed by atoms with Crippen molar-refractivity contribution >= 4 is 12.2 Å². The van der Waals surface area contributed by atoms with Crippen LogP contribution in [0.3, 0.4) is 0 Å². The number of rotatable bonds is 2. The van der Waals surface area contributed by atoms with E-state index in [1.807, 2.05) is 18.2 Å². The Labute approximate surface area is 104 Å². The monoisotopic (exact) mass is 244 g/mol. The predicted octanol–water partition coefficient (Wildman–Crippen LogP) is 2.63. The van der Waals surface area contributed by atoms with Crippen molar-refractivity contribution in [1.82, 2.24) is 9.55 Å². The van der Waals surface area contributed by atoms with Crippen molar-refractivity contribution in [2.24, 2.45) is 0 Å². The minimum atomic E-state index is -0.110. The van der Waals surface area contributed by atoms with Crippen molar-refractivity contribution in [3.05, 3.63) is 63.3 Å². The molecule has 1 aliphatic carbocycles. The van der Waals surface area contributed by atoms with Crippen molar-refractivity contribution < 1.29 is 0 Å². The molecule has 0 radical (unpaired) electrons. The molecule has 0 saturated heterocycles. The molecule has 3 nitrogen and oxygen atoms in total. The molecule has 4 heteroatoms. The number of hydrogen-bond donors (Lipinski definition) is 1. The topological polar surface area (TPSA) is 37.8 Å². The van der Waals surface area contributed by atoms with E-state index >= 15 is 0 Å². The first-order chi connectivity index (χ1) is 8.25. The Kier molecular flexibility index (Phi) is 2.44. The van der Waals surface area contributed by atoms with Gasteiger partial charge in [0.2, 0.25) is 0 Å². The molecule has 86 valence electrons. The highest BCUT2D eigenvalue weighted by Crippen LogP contribution is 2.50. The highest BCUT2D eigenvalue weighted by Gasteiger charge is 2.40. The van der Waals surface area contributed by atoms with Gasteiger partial charge in [0.15, 0.2) is 0 Å². The Morgan fingerprint density at radius 1 is 1.24 bits per heavy atom. The van der Waals surface area contributed by atoms with Crippen molar-refractivity contribution in [1.29, 1.82) is 0 Å². The van der Waals surface area contributed by atoms with Gasteiger partial charge in [-0.1, -0.05) is 42.5 Å². The molecule has 1 aromatic heterocycles. The summed E-state index contributed by atoms with van der Waals surface area (Å²) in [5.41, 5.74) is 1.19. The Hall–Kier alpha value is -1.68. The summed E-state index contributed by atoms with van der Waals surface area (Å²) in [4.78, 5) is 14.4. The first-order valence-corrected chi connectivity index (χ1v) is 6.03. The summed E-state index contributed by atoms with van der Waals surface area (Å²) in [5, 5.41) is 0. The molecule has 1 fully saturated rings. The lowest BCUT2D eigenvalue weighted by Gasteiger charge is -2.04. The van der Waals surface area contributed by atoms with Crippen LogP contribution in [0.2, 0.25) is 0 Å². The molecule has 17 heavy (non-hydrogen) atoms. The molecular formula is C13H12N2OS. The van der Waals surface area contributed by atoms with Crippen LogP contribution in [0.15, 0.2) is 47.4 Å². The largest absolute Gasteiger partial charge is 0.326 e. The summed E-state index contributed by atoms with van der Waals surface area (Å²) in [6.07, 6.45) is 2.81. The molecule has 0 bridgehead atoms. The van der Waals surface area contributed by atoms with Crippen LogP contribution in [-0.4, -0.2) is 9.55 Å². The average molecular weight is 244 g/mol. The first-order valence-electron chi connectivity index (χ1n) is 5.62. The van der Waals surface area contributed by atoms with Gasteiger partial charge in [0.25, 0.3) is 0 Å². The lowest BCUT2D eigenvalue weighted by atomic mass is 10.1. The predicted molar refractivity (Wildman–Crippen MR) is 68.7 cm³/mol. The van der Waals surface area contributed by atoms with E-state index in [0.717, 1.165) is 6.42 Å². The molecular weight excluding hydrogens is 232 g/mol. The van der Waals surface area contributed by atoms with E-state index in [2.05, 4.69) is 17.1 Å². The number of aromatic amines is 1. The maximum absolute atomic E-state index is 11.7. The van der Waals surface area contributed by atoms with Gasteiger partial charge in [-0.05, 0) is 18.1 Å². The summed E-state index contributed by atoms with van der Waals surface area (Å²) in [6, 6.07) is 12.3. The number of aromatic nitrogens is 2. The highest BCUT2D eigenvalue weighted by atomic mass is 32.1. The molecule has 0 unspecified atom stereocenters. The van der Waals surface area contributed by atoms with Crippen molar-refractivity contribution in [2.45, 2.75) is 18.4 Å². The van der Waals surface area contributed by atoms with Gasteiger partial charge in [0, 0.05) is 18.2 Å². The van der Waals surface area contributed by atoms with Gasteiger partial charge in [-0.25, -0.2) is 4.79 Å². The molecule has 1 N–H and O–H groups in total. The van der Waals surface area contributed by atoms with E-state index in [1.165, 1.54) is 5.56 Å². The lowest BCUT2D eigenvalue weighted by Crippen LogP contribution is -2.21. The third kappa shape index (κ3) is 1.96. The molecule has 1 aromatic carbocycles. The van der Waals surface area contributed by atoms with Crippen LogP contribution in [-0.2, 0) is 0 Å². The Balaban J connectivity index is 1.90. The molecule has 2 aromatic rings. The number of nitrogens with zero attached hydrogens (tertiary/aromatic N) is 1. The summed E-state index contributed by atoms with van der Waals surface area (Å²) >= 11 is 4.92. The maximum atomic E-state index is 11.7. The van der Waals surface area contributed by atoms with Crippen molar-refractivity contribution in [2.75, 3.05) is 0 Å². The summed E-state index contributed by atoms with van der Waals surface area (Å²) in [7, 11) is 0. The zero-order chi connectivity index (χ0) is 11.8. The van der Waals surface area contributed by atoms with Gasteiger partial charge < -0.3 is 0 Å². The van der Waals surface area contributed by atoms with Crippen LogP contribution in [0.1, 0.15) is 23.9 Å². The molecule has 3 rings (SSSR count). The molecule has 1 aliphatic rings. The third-order valence-corrected chi connectivity index (χ3v) is 3.43. The van der Waals surface area contributed by atoms with E-state index in [0.29, 0.717) is 10.6 Å². The quantitative estimate of drug-likeness (QED) is 0.825. The highest BCUT2D eigenvalue weighted by molar-refractivity contribution is 7.71. The van der Waals surface area contributed by atoms with Crippen LogP contribution in [0, 0.1) is 4.64 Å². The fourth-order valence-electron chi connectivity index (χ4n) is 2.24. The summed E-state index contributed by atoms with van der Waals surface area (Å²) in [5.74, 6) is 0.457. The van der Waals surface area contributed by atoms with Crippen LogP contribution < -0.4 is 5.69 Å². The average Bonchev–Trinajstić information content (AvgIpc) is 3.10. The van der Waals surface area contributed by atoms with Crippen LogP contribution in [0.25, 0.3) is 0 Å². The standard InChI is InChI=1S/C13H12N2OS/c16-13-14-12(17)6-7-15(13)11-8-10(11)9-4-2-1-3-5-9/h1-7,10-11H,8H2,(H,14,16,17)/t10-,11+/m1/s1. The normalized spacial score (nSPS) is 22.4. The van der Waals surface area contributed by atoms with Crippen LogP contribution in [0.5, 0.6) is 0 Å². The van der Waals surface area contributed by atoms with Crippen LogP contribution in [0.4, 0.5) is 0 Å². The van der Waals surface area contributed by atoms with Gasteiger partial charge in [0.05, 0.1) is 0 Å². The van der Waals surface area contributed by atoms with Crippen molar-refractivity contribution in [3.63, 3.8) is 0 Å². The second kappa shape index (κ2) is 3.96. The molecule has 1 saturated carbocycles. The van der Waals surface area contributed by atoms with Gasteiger partial charge in [-0.15, -0.1) is 0 Å². The second-order valence-corrected chi connectivity index (χ2v) is 4.78. The Bertz CT molecular complexity index is 644. The number of H-pyrrole nitrogens is 1. The second-order valence-electron chi connectivity index (χ2n) is 4.34. The molecule has 0 amide bonds. The van der Waals surface area contributed by atoms with Gasteiger partial charge in [0.1, 0.15) is 4.64 Å². The fourth-order valence-corrected chi connectivity index (χ4v) is 2.38. The smallest absolute Gasteiger partial charge is 0.298 e. The zero-order valence-electron chi connectivity index (χ0n) is 9.17. The number of nitrogens with one attached hydrogen (secondary N) is 1. The van der Waals surface area contributed by atoms with Crippen molar-refractivity contribution in [3.8, 4) is 0 Å². The van der Waals surface area contributed by atoms with Gasteiger partial charge >= 0.3 is 5.69 Å². The van der Waals surface area contributed by atoms with Crippen LogP contribution >= 0.6 is 12.2 Å². The first kappa shape index (κ1) is 10.5. The summed E-state index contributed by atoms with van der Waals surface area (Å²) in [6.45, 7) is 0. The number of hydrogen-bond acceptors (Lipinski definition) is 2.